The summed E-state index contributed by atoms with van der Waals surface area (Å²) < 4.78 is 0. The van der Waals surface area contributed by atoms with Gasteiger partial charge in [0.15, 0.2) is 0 Å². The molecule has 1 aromatic carbocycles. The Morgan fingerprint density at radius 3 is 2.72 bits per heavy atom. The predicted octanol–water partition coefficient (Wildman–Crippen LogP) is 1.61. The number of nitrogens with zero attached hydrogens (tertiary/aromatic N) is 1. The van der Waals surface area contributed by atoms with Gasteiger partial charge in [-0.1, -0.05) is 30.3 Å². The van der Waals surface area contributed by atoms with Crippen LogP contribution in [-0.4, -0.2) is 35.7 Å². The first-order chi connectivity index (χ1) is 8.79. The molecule has 2 atom stereocenters. The van der Waals surface area contributed by atoms with Gasteiger partial charge in [0, 0.05) is 13.1 Å². The minimum atomic E-state index is -0.318. The van der Waals surface area contributed by atoms with Crippen molar-refractivity contribution in [3.63, 3.8) is 0 Å². The van der Waals surface area contributed by atoms with Crippen LogP contribution in [0.4, 0.5) is 0 Å². The molecule has 1 aliphatic heterocycles. The molecule has 3 N–H and O–H groups in total. The number of aliphatic hydroxyl groups excluding tert-OH is 1. The van der Waals surface area contributed by atoms with Crippen LogP contribution < -0.4 is 5.73 Å². The van der Waals surface area contributed by atoms with E-state index in [1.807, 2.05) is 0 Å². The van der Waals surface area contributed by atoms with Crippen LogP contribution in [-0.2, 0) is 6.54 Å². The fraction of sp³-hybridized carbons (Fsp3) is 0.600. The van der Waals surface area contributed by atoms with Gasteiger partial charge in [0.1, 0.15) is 0 Å². The van der Waals surface area contributed by atoms with E-state index in [0.29, 0.717) is 12.5 Å². The zero-order valence-corrected chi connectivity index (χ0v) is 11.0. The van der Waals surface area contributed by atoms with Crippen molar-refractivity contribution in [2.45, 2.75) is 31.9 Å². The summed E-state index contributed by atoms with van der Waals surface area (Å²) in [5.41, 5.74) is 6.92. The lowest BCUT2D eigenvalue weighted by atomic mass is 9.94. The Bertz CT molecular complexity index is 342. The maximum atomic E-state index is 9.84. The Balaban J connectivity index is 1.86. The van der Waals surface area contributed by atoms with Crippen LogP contribution in [0.1, 0.15) is 24.8 Å². The maximum Gasteiger partial charge on any atom is 0.0691 e. The summed E-state index contributed by atoms with van der Waals surface area (Å²) in [7, 11) is 0. The van der Waals surface area contributed by atoms with Crippen LogP contribution in [0.25, 0.3) is 0 Å². The minimum Gasteiger partial charge on any atom is -0.392 e. The number of aliphatic hydroxyl groups is 1. The van der Waals surface area contributed by atoms with Crippen LogP contribution in [0.3, 0.4) is 0 Å². The minimum absolute atomic E-state index is 0.318. The van der Waals surface area contributed by atoms with Crippen molar-refractivity contribution < 1.29 is 5.11 Å². The van der Waals surface area contributed by atoms with E-state index >= 15 is 0 Å². The first-order valence-electron chi connectivity index (χ1n) is 6.94. The van der Waals surface area contributed by atoms with Crippen molar-refractivity contribution in [2.24, 2.45) is 11.7 Å². The molecule has 0 spiro atoms. The SMILES string of the molecule is NCC(O)C1CCCN(Cc2ccccc2)CC1. The number of benzene rings is 1. The highest BCUT2D eigenvalue weighted by Gasteiger charge is 2.22. The molecule has 0 radical (unpaired) electrons. The lowest BCUT2D eigenvalue weighted by molar-refractivity contribution is 0.105. The van der Waals surface area contributed by atoms with Crippen LogP contribution in [0, 0.1) is 5.92 Å². The van der Waals surface area contributed by atoms with Gasteiger partial charge in [-0.3, -0.25) is 4.90 Å². The van der Waals surface area contributed by atoms with E-state index in [2.05, 4.69) is 35.2 Å². The zero-order chi connectivity index (χ0) is 12.8. The van der Waals surface area contributed by atoms with Crippen molar-refractivity contribution >= 4 is 0 Å². The van der Waals surface area contributed by atoms with E-state index in [1.54, 1.807) is 0 Å². The van der Waals surface area contributed by atoms with Crippen LogP contribution >= 0.6 is 0 Å². The smallest absolute Gasteiger partial charge is 0.0691 e. The second kappa shape index (κ2) is 6.88. The van der Waals surface area contributed by atoms with Crippen molar-refractivity contribution in [2.75, 3.05) is 19.6 Å². The molecule has 1 aromatic rings. The lowest BCUT2D eigenvalue weighted by Crippen LogP contribution is -2.30. The summed E-state index contributed by atoms with van der Waals surface area (Å²) in [5, 5.41) is 9.84. The third-order valence-electron chi connectivity index (χ3n) is 3.90. The van der Waals surface area contributed by atoms with Crippen LogP contribution in [0.15, 0.2) is 30.3 Å². The molecule has 3 nitrogen and oxygen atoms in total. The molecule has 1 fully saturated rings. The Kier molecular flexibility index (Phi) is 5.17. The molecule has 0 amide bonds. The molecule has 0 aromatic heterocycles. The van der Waals surface area contributed by atoms with E-state index in [1.165, 1.54) is 5.56 Å². The molecule has 0 saturated carbocycles. The average Bonchev–Trinajstić information content (AvgIpc) is 2.65. The molecular formula is C15H24N2O. The van der Waals surface area contributed by atoms with Gasteiger partial charge in [-0.05, 0) is 43.8 Å². The lowest BCUT2D eigenvalue weighted by Gasteiger charge is -2.21. The number of rotatable bonds is 4. The average molecular weight is 248 g/mol. The topological polar surface area (TPSA) is 49.5 Å². The number of likely N-dealkylation sites (tertiary alicyclic amines) is 1. The number of hydrogen-bond acceptors (Lipinski definition) is 3. The summed E-state index contributed by atoms with van der Waals surface area (Å²) in [5.74, 6) is 0.385. The van der Waals surface area contributed by atoms with Crippen molar-refractivity contribution in [3.05, 3.63) is 35.9 Å². The number of nitrogens with two attached hydrogens (primary N) is 1. The molecule has 1 heterocycles. The van der Waals surface area contributed by atoms with Gasteiger partial charge in [0.25, 0.3) is 0 Å². The van der Waals surface area contributed by atoms with Gasteiger partial charge in [-0.15, -0.1) is 0 Å². The molecule has 1 aliphatic rings. The molecule has 0 aliphatic carbocycles. The standard InChI is InChI=1S/C15H24N2O/c16-11-15(18)14-7-4-9-17(10-8-14)12-13-5-2-1-3-6-13/h1-3,5-6,14-15,18H,4,7-12,16H2. The van der Waals surface area contributed by atoms with Crippen LogP contribution in [0.2, 0.25) is 0 Å². The molecule has 18 heavy (non-hydrogen) atoms. The third kappa shape index (κ3) is 3.80. The maximum absolute atomic E-state index is 9.84. The summed E-state index contributed by atoms with van der Waals surface area (Å²) in [6, 6.07) is 10.6. The summed E-state index contributed by atoms with van der Waals surface area (Å²) in [6.07, 6.45) is 3.00. The van der Waals surface area contributed by atoms with E-state index in [0.717, 1.165) is 38.9 Å². The second-order valence-electron chi connectivity index (χ2n) is 5.26. The second-order valence-corrected chi connectivity index (χ2v) is 5.26. The third-order valence-corrected chi connectivity index (χ3v) is 3.90. The first kappa shape index (κ1) is 13.5. The van der Waals surface area contributed by atoms with Crippen LogP contribution in [0.5, 0.6) is 0 Å². The molecule has 100 valence electrons. The van der Waals surface area contributed by atoms with E-state index in [-0.39, 0.29) is 6.10 Å². The van der Waals surface area contributed by atoms with Crippen molar-refractivity contribution in [3.8, 4) is 0 Å². The molecule has 0 bridgehead atoms. The highest BCUT2D eigenvalue weighted by atomic mass is 16.3. The highest BCUT2D eigenvalue weighted by molar-refractivity contribution is 5.14. The number of hydrogen-bond donors (Lipinski definition) is 2. The molecule has 2 rings (SSSR count). The van der Waals surface area contributed by atoms with E-state index < -0.39 is 0 Å². The van der Waals surface area contributed by atoms with Gasteiger partial charge >= 0.3 is 0 Å². The first-order valence-corrected chi connectivity index (χ1v) is 6.94. The Hall–Kier alpha value is -0.900. The summed E-state index contributed by atoms with van der Waals surface area (Å²) in [6.45, 7) is 3.61. The fourth-order valence-corrected chi connectivity index (χ4v) is 2.76. The molecule has 1 saturated heterocycles. The van der Waals surface area contributed by atoms with Crippen molar-refractivity contribution in [1.82, 2.24) is 4.90 Å². The predicted molar refractivity (Wildman–Crippen MR) is 74.1 cm³/mol. The highest BCUT2D eigenvalue weighted by Crippen LogP contribution is 2.21. The Labute approximate surface area is 110 Å². The molecule has 2 unspecified atom stereocenters. The van der Waals surface area contributed by atoms with Gasteiger partial charge < -0.3 is 10.8 Å². The monoisotopic (exact) mass is 248 g/mol. The van der Waals surface area contributed by atoms with E-state index in [9.17, 15) is 5.11 Å². The van der Waals surface area contributed by atoms with Gasteiger partial charge in [-0.25, -0.2) is 0 Å². The molecule has 3 heteroatoms. The van der Waals surface area contributed by atoms with Gasteiger partial charge in [-0.2, -0.15) is 0 Å². The summed E-state index contributed by atoms with van der Waals surface area (Å²) >= 11 is 0. The zero-order valence-electron chi connectivity index (χ0n) is 11.0. The Morgan fingerprint density at radius 1 is 1.22 bits per heavy atom. The normalized spacial score (nSPS) is 23.6. The quantitative estimate of drug-likeness (QED) is 0.851. The van der Waals surface area contributed by atoms with Gasteiger partial charge in [0.2, 0.25) is 0 Å². The van der Waals surface area contributed by atoms with E-state index in [4.69, 9.17) is 5.73 Å². The molecular weight excluding hydrogens is 224 g/mol. The van der Waals surface area contributed by atoms with Crippen molar-refractivity contribution in [1.29, 1.82) is 0 Å². The van der Waals surface area contributed by atoms with Gasteiger partial charge in [0.05, 0.1) is 6.10 Å². The Morgan fingerprint density at radius 2 is 2.00 bits per heavy atom. The largest absolute Gasteiger partial charge is 0.392 e. The fourth-order valence-electron chi connectivity index (χ4n) is 2.76. The summed E-state index contributed by atoms with van der Waals surface area (Å²) in [4.78, 5) is 2.48.